The molecule has 1 fully saturated rings. The zero-order valence-corrected chi connectivity index (χ0v) is 24.2. The average Bonchev–Trinajstić information content (AvgIpc) is 3.38. The van der Waals surface area contributed by atoms with E-state index in [0.29, 0.717) is 23.6 Å². The van der Waals surface area contributed by atoms with Crippen molar-refractivity contribution in [3.63, 3.8) is 0 Å². The third-order valence-electron chi connectivity index (χ3n) is 7.76. The molecular formula is C32H40F2N8. The molecule has 2 aromatic heterocycles. The van der Waals surface area contributed by atoms with Crippen LogP contribution < -0.4 is 16.4 Å². The second-order valence-electron chi connectivity index (χ2n) is 10.7. The molecule has 0 unspecified atom stereocenters. The van der Waals surface area contributed by atoms with E-state index in [-0.39, 0.29) is 6.42 Å². The van der Waals surface area contributed by atoms with Crippen LogP contribution in [0, 0.1) is 6.92 Å². The Morgan fingerprint density at radius 2 is 1.90 bits per heavy atom. The topological polar surface area (TPSA) is 86.8 Å². The Labute approximate surface area is 246 Å². The molecule has 1 aliphatic heterocycles. The van der Waals surface area contributed by atoms with Crippen molar-refractivity contribution >= 4 is 22.8 Å². The third-order valence-corrected chi connectivity index (χ3v) is 7.76. The number of aromatic nitrogens is 3. The number of hydrogen-bond donors (Lipinski definition) is 3. The Balaban J connectivity index is 1.25. The smallest absolute Gasteiger partial charge is 0.242 e. The molecule has 0 radical (unpaired) electrons. The normalized spacial score (nSPS) is 13.5. The first kappa shape index (κ1) is 29.6. The van der Waals surface area contributed by atoms with Crippen LogP contribution in [-0.4, -0.2) is 83.0 Å². The molecule has 3 heterocycles. The maximum atomic E-state index is 12.7. The van der Waals surface area contributed by atoms with Gasteiger partial charge in [0.25, 0.3) is 0 Å². The summed E-state index contributed by atoms with van der Waals surface area (Å²) in [6.07, 6.45) is 4.04. The largest absolute Gasteiger partial charge is 0.369 e. The summed E-state index contributed by atoms with van der Waals surface area (Å²) in [6, 6.07) is 13.4. The molecule has 8 nitrogen and oxygen atoms in total. The number of imidazole rings is 1. The average molecular weight is 575 g/mol. The summed E-state index contributed by atoms with van der Waals surface area (Å²) in [6.45, 7) is 14.1. The summed E-state index contributed by atoms with van der Waals surface area (Å²) in [5.74, 6) is 0.623. The molecule has 0 bridgehead atoms. The van der Waals surface area contributed by atoms with Gasteiger partial charge >= 0.3 is 0 Å². The first-order valence-corrected chi connectivity index (χ1v) is 14.6. The molecule has 5 rings (SSSR count). The Bertz CT molecular complexity index is 1480. The minimum atomic E-state index is -2.36. The number of likely N-dealkylation sites (tertiary alicyclic amines) is 1. The highest BCUT2D eigenvalue weighted by atomic mass is 19.3. The van der Waals surface area contributed by atoms with E-state index in [4.69, 9.17) is 5.73 Å². The second-order valence-corrected chi connectivity index (χ2v) is 10.7. The van der Waals surface area contributed by atoms with Crippen LogP contribution in [0.1, 0.15) is 23.1 Å². The lowest BCUT2D eigenvalue weighted by Crippen LogP contribution is -2.42. The number of nitrogens with one attached hydrogen (secondary N) is 2. The number of halogens is 2. The molecule has 42 heavy (non-hydrogen) atoms. The van der Waals surface area contributed by atoms with Crippen molar-refractivity contribution in [1.82, 2.24) is 29.5 Å². The van der Waals surface area contributed by atoms with Gasteiger partial charge in [0, 0.05) is 80.6 Å². The Hall–Kier alpha value is -3.86. The molecule has 1 saturated heterocycles. The van der Waals surface area contributed by atoms with E-state index in [1.54, 1.807) is 24.5 Å². The highest BCUT2D eigenvalue weighted by Gasteiger charge is 2.15. The Morgan fingerprint density at radius 3 is 2.60 bits per heavy atom. The highest BCUT2D eigenvalue weighted by molar-refractivity contribution is 5.76. The van der Waals surface area contributed by atoms with Gasteiger partial charge in [-0.3, -0.25) is 4.40 Å². The fourth-order valence-corrected chi connectivity index (χ4v) is 5.30. The molecule has 0 atom stereocenters. The van der Waals surface area contributed by atoms with Crippen LogP contribution >= 0.6 is 0 Å². The van der Waals surface area contributed by atoms with Crippen molar-refractivity contribution in [3.8, 4) is 11.3 Å². The Morgan fingerprint density at radius 1 is 1.10 bits per heavy atom. The predicted octanol–water partition coefficient (Wildman–Crippen LogP) is 4.78. The van der Waals surface area contributed by atoms with E-state index in [2.05, 4.69) is 56.0 Å². The summed E-state index contributed by atoms with van der Waals surface area (Å²) in [5, 5.41) is 6.96. The molecule has 222 valence electrons. The van der Waals surface area contributed by atoms with Gasteiger partial charge in [-0.2, -0.15) is 0 Å². The van der Waals surface area contributed by atoms with E-state index in [9.17, 15) is 8.78 Å². The van der Waals surface area contributed by atoms with Gasteiger partial charge in [-0.1, -0.05) is 36.9 Å². The SMILES string of the molecule is C=C(c1ccc(Nc2nccn3c(-c4ccc(CC(F)F)cc4)cnc23)cc1C)N(CCN)CCNCCN1CCC1. The number of hydrogen-bond acceptors (Lipinski definition) is 7. The van der Waals surface area contributed by atoms with Gasteiger partial charge < -0.3 is 26.2 Å². The molecule has 4 aromatic rings. The van der Waals surface area contributed by atoms with Gasteiger partial charge in [0.05, 0.1) is 11.9 Å². The van der Waals surface area contributed by atoms with Crippen molar-refractivity contribution in [3.05, 3.63) is 84.3 Å². The van der Waals surface area contributed by atoms with E-state index in [1.807, 2.05) is 28.8 Å². The van der Waals surface area contributed by atoms with Gasteiger partial charge in [-0.15, -0.1) is 0 Å². The summed E-state index contributed by atoms with van der Waals surface area (Å²) in [4.78, 5) is 13.9. The van der Waals surface area contributed by atoms with Gasteiger partial charge in [-0.25, -0.2) is 18.7 Å². The molecule has 0 amide bonds. The monoisotopic (exact) mass is 574 g/mol. The van der Waals surface area contributed by atoms with Crippen LogP contribution in [0.2, 0.25) is 0 Å². The first-order chi connectivity index (χ1) is 20.4. The zero-order valence-electron chi connectivity index (χ0n) is 24.2. The van der Waals surface area contributed by atoms with Gasteiger partial charge in [0.1, 0.15) is 0 Å². The molecule has 1 aliphatic rings. The molecule has 4 N–H and O–H groups in total. The van der Waals surface area contributed by atoms with E-state index < -0.39 is 6.43 Å². The third kappa shape index (κ3) is 7.13. The number of aryl methyl sites for hydroxylation is 1. The number of nitrogens with two attached hydrogens (primary N) is 1. The molecule has 10 heteroatoms. The quantitative estimate of drug-likeness (QED) is 0.176. The van der Waals surface area contributed by atoms with E-state index in [1.165, 1.54) is 19.5 Å². The fraction of sp³-hybridized carbons (Fsp3) is 0.375. The molecule has 2 aromatic carbocycles. The number of anilines is 2. The van der Waals surface area contributed by atoms with Crippen LogP contribution in [-0.2, 0) is 6.42 Å². The van der Waals surface area contributed by atoms with Crippen molar-refractivity contribution in [1.29, 1.82) is 0 Å². The van der Waals surface area contributed by atoms with Crippen LogP contribution in [0.15, 0.2) is 67.6 Å². The van der Waals surface area contributed by atoms with Crippen LogP contribution in [0.4, 0.5) is 20.3 Å². The minimum Gasteiger partial charge on any atom is -0.369 e. The number of fused-ring (bicyclic) bond motifs is 1. The number of alkyl halides is 2. The number of nitrogens with zero attached hydrogens (tertiary/aromatic N) is 5. The van der Waals surface area contributed by atoms with Crippen molar-refractivity contribution in [2.24, 2.45) is 5.73 Å². The number of rotatable bonds is 15. The number of benzene rings is 2. The molecule has 0 aliphatic carbocycles. The zero-order chi connectivity index (χ0) is 29.5. The maximum absolute atomic E-state index is 12.7. The lowest BCUT2D eigenvalue weighted by atomic mass is 10.0. The Kier molecular flexibility index (Phi) is 9.78. The van der Waals surface area contributed by atoms with Gasteiger partial charge in [-0.05, 0) is 49.7 Å². The fourth-order valence-electron chi connectivity index (χ4n) is 5.30. The molecule has 0 spiro atoms. The summed E-state index contributed by atoms with van der Waals surface area (Å²) < 4.78 is 27.4. The van der Waals surface area contributed by atoms with Crippen LogP contribution in [0.5, 0.6) is 0 Å². The maximum Gasteiger partial charge on any atom is 0.242 e. The summed E-state index contributed by atoms with van der Waals surface area (Å²) >= 11 is 0. The standard InChI is InChI=1S/C32H40F2N8/c1-23-20-27(8-9-28(23)24(2)41(16-10-35)18-12-36-11-17-40-14-3-15-40)39-31-32-38-22-29(42(32)19-13-37-31)26-6-4-25(5-7-26)21-30(33)34/h4-9,13,19-20,22,30,36H,2-3,10-12,14-18,21,35H2,1H3,(H,37,39). The van der Waals surface area contributed by atoms with Gasteiger partial charge in [0.2, 0.25) is 6.43 Å². The van der Waals surface area contributed by atoms with E-state index in [0.717, 1.165) is 66.5 Å². The second kappa shape index (κ2) is 13.9. The lowest BCUT2D eigenvalue weighted by Gasteiger charge is -2.31. The van der Waals surface area contributed by atoms with Crippen LogP contribution in [0.25, 0.3) is 22.6 Å². The predicted molar refractivity (Wildman–Crippen MR) is 166 cm³/mol. The van der Waals surface area contributed by atoms with Crippen molar-refractivity contribution in [2.45, 2.75) is 26.2 Å². The molecular weight excluding hydrogens is 534 g/mol. The van der Waals surface area contributed by atoms with Crippen molar-refractivity contribution < 1.29 is 8.78 Å². The van der Waals surface area contributed by atoms with E-state index >= 15 is 0 Å². The van der Waals surface area contributed by atoms with Crippen molar-refractivity contribution in [2.75, 3.05) is 57.7 Å². The first-order valence-electron chi connectivity index (χ1n) is 14.6. The van der Waals surface area contributed by atoms with Gasteiger partial charge in [0.15, 0.2) is 11.5 Å². The highest BCUT2D eigenvalue weighted by Crippen LogP contribution is 2.28. The summed E-state index contributed by atoms with van der Waals surface area (Å²) in [5.41, 5.74) is 13.0. The minimum absolute atomic E-state index is 0.252. The molecule has 0 saturated carbocycles. The summed E-state index contributed by atoms with van der Waals surface area (Å²) in [7, 11) is 0. The van der Waals surface area contributed by atoms with Crippen LogP contribution in [0.3, 0.4) is 0 Å². The lowest BCUT2D eigenvalue weighted by molar-refractivity contribution is 0.149.